The minimum absolute atomic E-state index is 0.135. The van der Waals surface area contributed by atoms with E-state index < -0.39 is 0 Å². The Bertz CT molecular complexity index is 662. The van der Waals surface area contributed by atoms with Crippen LogP contribution in [0.5, 0.6) is 0 Å². The lowest BCUT2D eigenvalue weighted by Gasteiger charge is -2.06. The first-order valence-electron chi connectivity index (χ1n) is 5.99. The van der Waals surface area contributed by atoms with Crippen molar-refractivity contribution in [3.05, 3.63) is 39.3 Å². The Morgan fingerprint density at radius 3 is 3.05 bits per heavy atom. The number of aromatic amines is 1. The molecule has 0 spiro atoms. The maximum absolute atomic E-state index is 11.6. The Hall–Kier alpha value is -1.40. The normalized spacial score (nSPS) is 14.8. The highest BCUT2D eigenvalue weighted by molar-refractivity contribution is 7.98. The first-order valence-corrected chi connectivity index (χ1v) is 7.35. The molecule has 1 heterocycles. The molecule has 2 aromatic rings. The summed E-state index contributed by atoms with van der Waals surface area (Å²) in [6, 6.07) is 5.71. The van der Waals surface area contributed by atoms with Gasteiger partial charge >= 0.3 is 5.69 Å². The van der Waals surface area contributed by atoms with E-state index in [4.69, 9.17) is 17.3 Å². The molecule has 0 bridgehead atoms. The van der Waals surface area contributed by atoms with Crippen LogP contribution in [0.1, 0.15) is 24.4 Å². The molecule has 0 amide bonds. The van der Waals surface area contributed by atoms with Crippen molar-refractivity contribution in [1.82, 2.24) is 14.8 Å². The summed E-state index contributed by atoms with van der Waals surface area (Å²) in [7, 11) is 0. The quantitative estimate of drug-likeness (QED) is 0.671. The largest absolute Gasteiger partial charge is 0.399 e. The molecule has 7 heteroatoms. The van der Waals surface area contributed by atoms with E-state index in [0.717, 1.165) is 18.4 Å². The van der Waals surface area contributed by atoms with Gasteiger partial charge in [0.25, 0.3) is 0 Å². The van der Waals surface area contributed by atoms with Crippen LogP contribution in [-0.2, 0) is 5.75 Å². The first kappa shape index (κ1) is 12.6. The van der Waals surface area contributed by atoms with Gasteiger partial charge in [-0.1, -0.05) is 23.4 Å². The molecule has 1 aromatic heterocycles. The summed E-state index contributed by atoms with van der Waals surface area (Å²) in [5.41, 5.74) is 7.24. The molecule has 0 aliphatic heterocycles. The highest BCUT2D eigenvalue weighted by atomic mass is 35.5. The molecular weight excluding hydrogens is 284 g/mol. The van der Waals surface area contributed by atoms with Crippen LogP contribution in [0, 0.1) is 0 Å². The van der Waals surface area contributed by atoms with Gasteiger partial charge in [0.05, 0.1) is 0 Å². The van der Waals surface area contributed by atoms with Crippen molar-refractivity contribution in [3.8, 4) is 0 Å². The number of nitrogen functional groups attached to an aromatic ring is 1. The Kier molecular flexibility index (Phi) is 3.28. The van der Waals surface area contributed by atoms with Crippen molar-refractivity contribution in [3.63, 3.8) is 0 Å². The zero-order valence-electron chi connectivity index (χ0n) is 10.1. The third kappa shape index (κ3) is 2.64. The predicted octanol–water partition coefficient (Wildman–Crippen LogP) is 2.43. The molecule has 1 aromatic carbocycles. The average molecular weight is 297 g/mol. The fourth-order valence-electron chi connectivity index (χ4n) is 1.89. The molecule has 19 heavy (non-hydrogen) atoms. The van der Waals surface area contributed by atoms with Crippen molar-refractivity contribution in [2.45, 2.75) is 29.8 Å². The summed E-state index contributed by atoms with van der Waals surface area (Å²) in [6.07, 6.45) is 2.10. The number of halogens is 1. The maximum atomic E-state index is 11.6. The summed E-state index contributed by atoms with van der Waals surface area (Å²) < 4.78 is 1.73. The van der Waals surface area contributed by atoms with E-state index in [1.165, 1.54) is 11.8 Å². The third-order valence-corrected chi connectivity index (χ3v) is 4.38. The SMILES string of the molecule is Nc1ccc(Cl)c(CSc2n[nH]c(=O)n2C2CC2)c1. The van der Waals surface area contributed by atoms with E-state index in [1.807, 2.05) is 6.07 Å². The lowest BCUT2D eigenvalue weighted by Crippen LogP contribution is -2.16. The lowest BCUT2D eigenvalue weighted by atomic mass is 10.2. The Morgan fingerprint density at radius 1 is 1.53 bits per heavy atom. The van der Waals surface area contributed by atoms with Crippen LogP contribution in [0.15, 0.2) is 28.2 Å². The topological polar surface area (TPSA) is 76.7 Å². The van der Waals surface area contributed by atoms with Crippen LogP contribution in [0.4, 0.5) is 5.69 Å². The minimum atomic E-state index is -0.135. The zero-order valence-corrected chi connectivity index (χ0v) is 11.7. The Balaban J connectivity index is 1.79. The van der Waals surface area contributed by atoms with Crippen molar-refractivity contribution < 1.29 is 0 Å². The van der Waals surface area contributed by atoms with Crippen molar-refractivity contribution in [2.75, 3.05) is 5.73 Å². The van der Waals surface area contributed by atoms with Gasteiger partial charge in [0.2, 0.25) is 0 Å². The van der Waals surface area contributed by atoms with Crippen LogP contribution in [0.2, 0.25) is 5.02 Å². The molecule has 1 fully saturated rings. The highest BCUT2D eigenvalue weighted by Gasteiger charge is 2.28. The van der Waals surface area contributed by atoms with E-state index in [2.05, 4.69) is 10.2 Å². The number of rotatable bonds is 4. The highest BCUT2D eigenvalue weighted by Crippen LogP contribution is 2.37. The molecule has 1 saturated carbocycles. The van der Waals surface area contributed by atoms with Gasteiger partial charge in [-0.25, -0.2) is 9.89 Å². The number of hydrogen-bond acceptors (Lipinski definition) is 4. The van der Waals surface area contributed by atoms with Gasteiger partial charge in [-0.3, -0.25) is 4.57 Å². The average Bonchev–Trinajstić information content (AvgIpc) is 3.15. The molecule has 5 nitrogen and oxygen atoms in total. The number of anilines is 1. The third-order valence-electron chi connectivity index (χ3n) is 3.01. The predicted molar refractivity (Wildman–Crippen MR) is 76.5 cm³/mol. The number of H-pyrrole nitrogens is 1. The van der Waals surface area contributed by atoms with Crippen LogP contribution in [-0.4, -0.2) is 14.8 Å². The van der Waals surface area contributed by atoms with Crippen LogP contribution >= 0.6 is 23.4 Å². The number of hydrogen-bond donors (Lipinski definition) is 2. The monoisotopic (exact) mass is 296 g/mol. The number of benzene rings is 1. The van der Waals surface area contributed by atoms with Crippen molar-refractivity contribution in [1.29, 1.82) is 0 Å². The number of nitrogens with zero attached hydrogens (tertiary/aromatic N) is 2. The number of thioether (sulfide) groups is 1. The minimum Gasteiger partial charge on any atom is -0.399 e. The lowest BCUT2D eigenvalue weighted by molar-refractivity contribution is 0.642. The molecule has 0 unspecified atom stereocenters. The Labute approximate surface area is 119 Å². The van der Waals surface area contributed by atoms with Gasteiger partial charge < -0.3 is 5.73 Å². The van der Waals surface area contributed by atoms with E-state index in [0.29, 0.717) is 27.7 Å². The molecule has 1 aliphatic rings. The molecule has 100 valence electrons. The number of nitrogens with one attached hydrogen (secondary N) is 1. The van der Waals surface area contributed by atoms with Crippen LogP contribution < -0.4 is 11.4 Å². The second-order valence-corrected chi connectivity index (χ2v) is 5.90. The molecular formula is C12H13ClN4OS. The molecule has 3 rings (SSSR count). The second-order valence-electron chi connectivity index (χ2n) is 4.55. The molecule has 0 atom stereocenters. The van der Waals surface area contributed by atoms with Gasteiger partial charge in [-0.15, -0.1) is 5.10 Å². The summed E-state index contributed by atoms with van der Waals surface area (Å²) in [6.45, 7) is 0. The molecule has 3 N–H and O–H groups in total. The molecule has 1 aliphatic carbocycles. The van der Waals surface area contributed by atoms with E-state index in [-0.39, 0.29) is 5.69 Å². The van der Waals surface area contributed by atoms with Gasteiger partial charge in [0, 0.05) is 22.5 Å². The smallest absolute Gasteiger partial charge is 0.344 e. The van der Waals surface area contributed by atoms with Gasteiger partial charge in [-0.05, 0) is 36.6 Å². The number of aromatic nitrogens is 3. The van der Waals surface area contributed by atoms with E-state index in [9.17, 15) is 4.79 Å². The van der Waals surface area contributed by atoms with Gasteiger partial charge in [-0.2, -0.15) is 0 Å². The first-order chi connectivity index (χ1) is 9.15. The van der Waals surface area contributed by atoms with Crippen molar-refractivity contribution in [2.24, 2.45) is 0 Å². The number of nitrogens with two attached hydrogens (primary N) is 1. The summed E-state index contributed by atoms with van der Waals surface area (Å²) in [5.74, 6) is 0.640. The van der Waals surface area contributed by atoms with Crippen LogP contribution in [0.25, 0.3) is 0 Å². The van der Waals surface area contributed by atoms with E-state index >= 15 is 0 Å². The zero-order chi connectivity index (χ0) is 13.4. The van der Waals surface area contributed by atoms with Gasteiger partial charge in [0.1, 0.15) is 0 Å². The summed E-state index contributed by atoms with van der Waals surface area (Å²) in [4.78, 5) is 11.6. The standard InChI is InChI=1S/C12H13ClN4OS/c13-10-4-1-8(14)5-7(10)6-19-12-16-15-11(18)17(12)9-2-3-9/h1,4-5,9H,2-3,6,14H2,(H,15,18). The maximum Gasteiger partial charge on any atom is 0.344 e. The molecule has 0 saturated heterocycles. The van der Waals surface area contributed by atoms with Gasteiger partial charge in [0.15, 0.2) is 5.16 Å². The summed E-state index contributed by atoms with van der Waals surface area (Å²) in [5, 5.41) is 7.95. The second kappa shape index (κ2) is 4.94. The van der Waals surface area contributed by atoms with E-state index in [1.54, 1.807) is 16.7 Å². The molecule has 0 radical (unpaired) electrons. The Morgan fingerprint density at radius 2 is 2.32 bits per heavy atom. The fraction of sp³-hybridized carbons (Fsp3) is 0.333. The van der Waals surface area contributed by atoms with Crippen LogP contribution in [0.3, 0.4) is 0 Å². The summed E-state index contributed by atoms with van der Waals surface area (Å²) >= 11 is 7.61. The fourth-order valence-corrected chi connectivity index (χ4v) is 3.16. The van der Waals surface area contributed by atoms with Crippen molar-refractivity contribution >= 4 is 29.1 Å².